The van der Waals surface area contributed by atoms with Gasteiger partial charge in [0, 0.05) is 17.9 Å². The third-order valence-electron chi connectivity index (χ3n) is 9.16. The highest BCUT2D eigenvalue weighted by molar-refractivity contribution is 5.92. The van der Waals surface area contributed by atoms with Crippen LogP contribution in [0.4, 0.5) is 0 Å². The second-order valence-electron chi connectivity index (χ2n) is 10.5. The maximum absolute atomic E-state index is 13.1. The summed E-state index contributed by atoms with van der Waals surface area (Å²) in [7, 11) is 0. The molecular formula is C25H34O6. The van der Waals surface area contributed by atoms with Crippen LogP contribution in [0, 0.1) is 28.6 Å². The molecule has 0 aromatic heterocycles. The number of aliphatic hydroxyl groups is 2. The van der Waals surface area contributed by atoms with E-state index >= 15 is 0 Å². The molecule has 6 heteroatoms. The Balaban J connectivity index is 1.60. The highest BCUT2D eigenvalue weighted by Crippen LogP contribution is 2.67. The molecule has 170 valence electrons. The predicted octanol–water partition coefficient (Wildman–Crippen LogP) is 2.91. The fraction of sp³-hybridized carbons (Fsp3) is 0.720. The molecule has 31 heavy (non-hydrogen) atoms. The highest BCUT2D eigenvalue weighted by Gasteiger charge is 2.68. The number of aliphatic hydroxyl groups excluding tert-OH is 1. The third-order valence-corrected chi connectivity index (χ3v) is 9.16. The number of carbonyl (C=O) groups is 3. The number of hydrogen-bond acceptors (Lipinski definition) is 6. The Morgan fingerprint density at radius 1 is 1.23 bits per heavy atom. The lowest BCUT2D eigenvalue weighted by Crippen LogP contribution is -2.62. The van der Waals surface area contributed by atoms with E-state index in [1.54, 1.807) is 13.0 Å². The van der Waals surface area contributed by atoms with Gasteiger partial charge in [-0.05, 0) is 74.7 Å². The minimum absolute atomic E-state index is 0.0312. The van der Waals surface area contributed by atoms with Gasteiger partial charge in [-0.15, -0.1) is 0 Å². The maximum Gasteiger partial charge on any atom is 0.330 e. The number of hydrogen-bond donors (Lipinski definition) is 2. The molecule has 0 aromatic rings. The molecule has 0 unspecified atom stereocenters. The average Bonchev–Trinajstić information content (AvgIpc) is 2.98. The molecule has 0 aromatic carbocycles. The molecule has 4 rings (SSSR count). The van der Waals surface area contributed by atoms with Gasteiger partial charge < -0.3 is 14.9 Å². The fourth-order valence-corrected chi connectivity index (χ4v) is 7.59. The zero-order chi connectivity index (χ0) is 22.6. The van der Waals surface area contributed by atoms with Crippen molar-refractivity contribution >= 4 is 17.5 Å². The van der Waals surface area contributed by atoms with Gasteiger partial charge in [0.1, 0.15) is 5.60 Å². The van der Waals surface area contributed by atoms with E-state index in [0.717, 1.165) is 24.8 Å². The van der Waals surface area contributed by atoms with E-state index in [9.17, 15) is 24.6 Å². The molecule has 4 aliphatic rings. The first-order valence-corrected chi connectivity index (χ1v) is 11.5. The van der Waals surface area contributed by atoms with E-state index in [0.29, 0.717) is 25.7 Å². The summed E-state index contributed by atoms with van der Waals surface area (Å²) in [6.45, 7) is 5.33. The van der Waals surface area contributed by atoms with E-state index in [-0.39, 0.29) is 29.0 Å². The molecule has 7 atom stereocenters. The third kappa shape index (κ3) is 3.25. The number of rotatable bonds is 4. The van der Waals surface area contributed by atoms with Crippen LogP contribution < -0.4 is 0 Å². The van der Waals surface area contributed by atoms with Crippen LogP contribution in [0.3, 0.4) is 0 Å². The summed E-state index contributed by atoms with van der Waals surface area (Å²) in [4.78, 5) is 36.7. The Bertz CT molecular complexity index is 858. The van der Waals surface area contributed by atoms with Crippen molar-refractivity contribution in [3.8, 4) is 0 Å². The molecule has 0 saturated heterocycles. The van der Waals surface area contributed by atoms with Crippen molar-refractivity contribution in [1.82, 2.24) is 0 Å². The van der Waals surface area contributed by atoms with E-state index in [1.807, 2.05) is 6.92 Å². The number of allylic oxidation sites excluding steroid dienone is 2. The average molecular weight is 431 g/mol. The lowest BCUT2D eigenvalue weighted by Gasteiger charge is -2.60. The van der Waals surface area contributed by atoms with Crippen molar-refractivity contribution in [2.24, 2.45) is 28.6 Å². The second kappa shape index (κ2) is 7.66. The molecule has 3 saturated carbocycles. The van der Waals surface area contributed by atoms with Crippen LogP contribution >= 0.6 is 0 Å². The molecule has 6 nitrogen and oxygen atoms in total. The van der Waals surface area contributed by atoms with Crippen molar-refractivity contribution in [3.63, 3.8) is 0 Å². The van der Waals surface area contributed by atoms with E-state index in [1.165, 1.54) is 12.2 Å². The van der Waals surface area contributed by atoms with E-state index in [2.05, 4.69) is 6.92 Å². The van der Waals surface area contributed by atoms with Gasteiger partial charge in [0.25, 0.3) is 0 Å². The SMILES string of the molecule is C/C=C/C(=O)OCC(=O)[C@]1(O)CC[C@@H]2[C@H]3CCC4=CC(=O)CC[C@]4(C)[C@@H]3[C@@H](O)C[C@]21C. The summed E-state index contributed by atoms with van der Waals surface area (Å²) in [6, 6.07) is 0. The normalized spacial score (nSPS) is 44.3. The molecule has 0 bridgehead atoms. The first kappa shape index (κ1) is 22.4. The van der Waals surface area contributed by atoms with Crippen LogP contribution in [0.25, 0.3) is 0 Å². The van der Waals surface area contributed by atoms with Gasteiger partial charge in [0.15, 0.2) is 12.4 Å². The van der Waals surface area contributed by atoms with Gasteiger partial charge in [0.05, 0.1) is 6.10 Å². The molecule has 0 spiro atoms. The number of fused-ring (bicyclic) bond motifs is 5. The summed E-state index contributed by atoms with van der Waals surface area (Å²) in [5.41, 5.74) is -1.42. The predicted molar refractivity (Wildman–Crippen MR) is 114 cm³/mol. The molecule has 2 N–H and O–H groups in total. The van der Waals surface area contributed by atoms with Crippen molar-refractivity contribution < 1.29 is 29.3 Å². The van der Waals surface area contributed by atoms with Gasteiger partial charge in [0.2, 0.25) is 5.78 Å². The molecular weight excluding hydrogens is 396 g/mol. The summed E-state index contributed by atoms with van der Waals surface area (Å²) in [5.74, 6) is -0.576. The Labute approximate surface area is 183 Å². The summed E-state index contributed by atoms with van der Waals surface area (Å²) in [5, 5.41) is 22.9. The number of carbonyl (C=O) groups excluding carboxylic acids is 3. The van der Waals surface area contributed by atoms with Crippen LogP contribution in [-0.2, 0) is 19.1 Å². The lowest BCUT2D eigenvalue weighted by atomic mass is 9.45. The fourth-order valence-electron chi connectivity index (χ4n) is 7.59. The first-order valence-electron chi connectivity index (χ1n) is 11.5. The standard InChI is InChI=1S/C25H34O6/c1-4-5-21(29)31-14-20(28)25(30)11-9-18-17-7-6-15-12-16(26)8-10-23(15,2)22(17)19(27)13-24(18,25)3/h4-5,12,17-19,22,27,30H,6-11,13-14H2,1-3H3/b5-4+/t17-,18-,19+,22+,23+,24-,25-/m1/s1. The summed E-state index contributed by atoms with van der Waals surface area (Å²) < 4.78 is 5.04. The maximum atomic E-state index is 13.1. The molecule has 0 heterocycles. The van der Waals surface area contributed by atoms with Crippen molar-refractivity contribution in [2.45, 2.75) is 77.4 Å². The molecule has 3 fully saturated rings. The van der Waals surface area contributed by atoms with Crippen LogP contribution in [-0.4, -0.2) is 46.1 Å². The Morgan fingerprint density at radius 3 is 2.68 bits per heavy atom. The summed E-state index contributed by atoms with van der Waals surface area (Å²) in [6.07, 6.45) is 8.25. The Morgan fingerprint density at radius 2 is 1.97 bits per heavy atom. The molecule has 0 amide bonds. The zero-order valence-electron chi connectivity index (χ0n) is 18.7. The topological polar surface area (TPSA) is 101 Å². The number of Topliss-reactive ketones (excluding diaryl/α,β-unsaturated/α-hetero) is 1. The smallest absolute Gasteiger partial charge is 0.330 e. The van der Waals surface area contributed by atoms with E-state index < -0.39 is 35.5 Å². The number of ketones is 2. The monoisotopic (exact) mass is 430 g/mol. The van der Waals surface area contributed by atoms with Gasteiger partial charge >= 0.3 is 5.97 Å². The minimum Gasteiger partial charge on any atom is -0.454 e. The molecule has 0 radical (unpaired) electrons. The molecule has 0 aliphatic heterocycles. The van der Waals surface area contributed by atoms with Crippen molar-refractivity contribution in [3.05, 3.63) is 23.8 Å². The van der Waals surface area contributed by atoms with Crippen molar-refractivity contribution in [1.29, 1.82) is 0 Å². The highest BCUT2D eigenvalue weighted by atomic mass is 16.5. The van der Waals surface area contributed by atoms with Gasteiger partial charge in [-0.3, -0.25) is 9.59 Å². The largest absolute Gasteiger partial charge is 0.454 e. The van der Waals surface area contributed by atoms with Gasteiger partial charge in [-0.1, -0.05) is 25.5 Å². The Hall–Kier alpha value is -1.79. The zero-order valence-corrected chi connectivity index (χ0v) is 18.7. The quantitative estimate of drug-likeness (QED) is 0.525. The lowest BCUT2D eigenvalue weighted by molar-refractivity contribution is -0.184. The minimum atomic E-state index is -1.61. The van der Waals surface area contributed by atoms with Crippen LogP contribution in [0.2, 0.25) is 0 Å². The van der Waals surface area contributed by atoms with E-state index in [4.69, 9.17) is 4.74 Å². The van der Waals surface area contributed by atoms with Crippen LogP contribution in [0.15, 0.2) is 23.8 Å². The molecule has 4 aliphatic carbocycles. The number of esters is 1. The van der Waals surface area contributed by atoms with Gasteiger partial charge in [-0.25, -0.2) is 4.79 Å². The van der Waals surface area contributed by atoms with Crippen molar-refractivity contribution in [2.75, 3.05) is 6.61 Å². The second-order valence-corrected chi connectivity index (χ2v) is 10.5. The van der Waals surface area contributed by atoms with Crippen LogP contribution in [0.1, 0.15) is 65.7 Å². The summed E-state index contributed by atoms with van der Waals surface area (Å²) >= 11 is 0. The van der Waals surface area contributed by atoms with Gasteiger partial charge in [-0.2, -0.15) is 0 Å². The first-order chi connectivity index (χ1) is 14.6. The van der Waals surface area contributed by atoms with Crippen LogP contribution in [0.5, 0.6) is 0 Å². The number of ether oxygens (including phenoxy) is 1. The Kier molecular flexibility index (Phi) is 5.54.